The number of aliphatic hydroxyl groups is 1. The molecule has 1 aliphatic rings. The molecule has 0 fully saturated rings. The van der Waals surface area contributed by atoms with E-state index in [0.29, 0.717) is 6.42 Å². The van der Waals surface area contributed by atoms with Gasteiger partial charge in [-0.05, 0) is 17.2 Å². The first-order valence-corrected chi connectivity index (χ1v) is 7.84. The van der Waals surface area contributed by atoms with Gasteiger partial charge in [0.05, 0.1) is 18.3 Å². The second kappa shape index (κ2) is 5.18. The summed E-state index contributed by atoms with van der Waals surface area (Å²) in [6.45, 7) is 0. The van der Waals surface area contributed by atoms with Crippen LogP contribution in [0.3, 0.4) is 0 Å². The minimum absolute atomic E-state index is 0.265. The molecule has 5 nitrogen and oxygen atoms in total. The van der Waals surface area contributed by atoms with Crippen LogP contribution < -0.4 is 4.72 Å². The number of pyridine rings is 1. The summed E-state index contributed by atoms with van der Waals surface area (Å²) in [6, 6.07) is 7.37. The van der Waals surface area contributed by atoms with Crippen molar-refractivity contribution in [1.82, 2.24) is 9.71 Å². The SMILES string of the molecule is O=S(=O)(N[C@H]1c2ccccc2C[C@H]1O)c1cncc(F)c1. The number of sulfonamides is 1. The fourth-order valence-corrected chi connectivity index (χ4v) is 3.71. The van der Waals surface area contributed by atoms with Crippen molar-refractivity contribution < 1.29 is 17.9 Å². The van der Waals surface area contributed by atoms with Crippen molar-refractivity contribution in [1.29, 1.82) is 0 Å². The summed E-state index contributed by atoms with van der Waals surface area (Å²) in [7, 11) is -3.95. The van der Waals surface area contributed by atoms with Gasteiger partial charge in [0, 0.05) is 12.6 Å². The van der Waals surface area contributed by atoms with Gasteiger partial charge < -0.3 is 5.11 Å². The molecular formula is C14H13FN2O3S. The largest absolute Gasteiger partial charge is 0.391 e. The number of benzene rings is 1. The fourth-order valence-electron chi connectivity index (χ4n) is 2.49. The second-order valence-corrected chi connectivity index (χ2v) is 6.62. The van der Waals surface area contributed by atoms with Crippen molar-refractivity contribution in [2.45, 2.75) is 23.5 Å². The predicted molar refractivity (Wildman–Crippen MR) is 73.4 cm³/mol. The van der Waals surface area contributed by atoms with Crippen LogP contribution in [0.5, 0.6) is 0 Å². The summed E-state index contributed by atoms with van der Waals surface area (Å²) in [5, 5.41) is 10.1. The standard InChI is InChI=1S/C14H13FN2O3S/c15-10-6-11(8-16-7-10)21(19,20)17-14-12-4-2-1-3-9(12)5-13(14)18/h1-4,6-8,13-14,17-18H,5H2/t13-,14+/m1/s1. The third kappa shape index (κ3) is 2.67. The van der Waals surface area contributed by atoms with Gasteiger partial charge in [0.1, 0.15) is 10.7 Å². The summed E-state index contributed by atoms with van der Waals surface area (Å²) in [4.78, 5) is 3.27. The highest BCUT2D eigenvalue weighted by atomic mass is 32.2. The predicted octanol–water partition coefficient (Wildman–Crippen LogP) is 1.16. The molecule has 2 aromatic rings. The number of aliphatic hydroxyl groups excluding tert-OH is 1. The maximum atomic E-state index is 13.1. The molecule has 21 heavy (non-hydrogen) atoms. The summed E-state index contributed by atoms with van der Waals surface area (Å²) >= 11 is 0. The van der Waals surface area contributed by atoms with Crippen LogP contribution in [0, 0.1) is 5.82 Å². The van der Waals surface area contributed by atoms with Gasteiger partial charge in [-0.25, -0.2) is 17.5 Å². The van der Waals surface area contributed by atoms with Crippen molar-refractivity contribution in [2.75, 3.05) is 0 Å². The van der Waals surface area contributed by atoms with Crippen molar-refractivity contribution in [3.8, 4) is 0 Å². The number of rotatable bonds is 3. The molecule has 0 unspecified atom stereocenters. The molecule has 0 radical (unpaired) electrons. The lowest BCUT2D eigenvalue weighted by Crippen LogP contribution is -2.34. The molecule has 0 spiro atoms. The lowest BCUT2D eigenvalue weighted by molar-refractivity contribution is 0.151. The molecule has 1 aliphatic carbocycles. The molecule has 1 aromatic carbocycles. The van der Waals surface area contributed by atoms with Crippen LogP contribution in [0.4, 0.5) is 4.39 Å². The van der Waals surface area contributed by atoms with Gasteiger partial charge in [-0.3, -0.25) is 4.98 Å². The number of hydrogen-bond donors (Lipinski definition) is 2. The van der Waals surface area contributed by atoms with E-state index >= 15 is 0 Å². The third-order valence-corrected chi connectivity index (χ3v) is 4.88. The molecule has 0 saturated carbocycles. The highest BCUT2D eigenvalue weighted by molar-refractivity contribution is 7.89. The molecule has 3 rings (SSSR count). The first-order chi connectivity index (χ1) is 9.97. The molecule has 0 amide bonds. The zero-order valence-corrected chi connectivity index (χ0v) is 11.7. The van der Waals surface area contributed by atoms with Crippen molar-refractivity contribution in [2.24, 2.45) is 0 Å². The average Bonchev–Trinajstić information content (AvgIpc) is 2.75. The van der Waals surface area contributed by atoms with E-state index in [1.54, 1.807) is 12.1 Å². The molecule has 1 aromatic heterocycles. The Morgan fingerprint density at radius 1 is 1.29 bits per heavy atom. The van der Waals surface area contributed by atoms with E-state index in [9.17, 15) is 17.9 Å². The van der Waals surface area contributed by atoms with Crippen LogP contribution in [0.2, 0.25) is 0 Å². The monoisotopic (exact) mass is 308 g/mol. The highest BCUT2D eigenvalue weighted by Gasteiger charge is 2.34. The molecule has 2 atom stereocenters. The number of nitrogens with zero attached hydrogens (tertiary/aromatic N) is 1. The van der Waals surface area contributed by atoms with Crippen LogP contribution in [0.15, 0.2) is 47.6 Å². The topological polar surface area (TPSA) is 79.3 Å². The van der Waals surface area contributed by atoms with Crippen molar-refractivity contribution in [3.05, 3.63) is 59.7 Å². The minimum Gasteiger partial charge on any atom is -0.391 e. The smallest absolute Gasteiger partial charge is 0.242 e. The van der Waals surface area contributed by atoms with Gasteiger partial charge in [0.15, 0.2) is 0 Å². The van der Waals surface area contributed by atoms with E-state index in [2.05, 4.69) is 9.71 Å². The van der Waals surface area contributed by atoms with Gasteiger partial charge in [-0.15, -0.1) is 0 Å². The van der Waals surface area contributed by atoms with Gasteiger partial charge >= 0.3 is 0 Å². The Kier molecular flexibility index (Phi) is 3.48. The van der Waals surface area contributed by atoms with E-state index < -0.39 is 28.0 Å². The zero-order valence-electron chi connectivity index (χ0n) is 10.9. The first-order valence-electron chi connectivity index (χ1n) is 6.36. The Balaban J connectivity index is 1.93. The zero-order chi connectivity index (χ0) is 15.0. The van der Waals surface area contributed by atoms with Gasteiger partial charge in [0.2, 0.25) is 10.0 Å². The summed E-state index contributed by atoms with van der Waals surface area (Å²) < 4.78 is 40.1. The average molecular weight is 308 g/mol. The van der Waals surface area contributed by atoms with E-state index in [0.717, 1.165) is 29.6 Å². The number of hydrogen-bond acceptors (Lipinski definition) is 4. The van der Waals surface area contributed by atoms with Crippen LogP contribution in [0.25, 0.3) is 0 Å². The second-order valence-electron chi connectivity index (χ2n) is 4.91. The number of halogens is 1. The molecule has 110 valence electrons. The number of fused-ring (bicyclic) bond motifs is 1. The van der Waals surface area contributed by atoms with Crippen LogP contribution in [0.1, 0.15) is 17.2 Å². The van der Waals surface area contributed by atoms with E-state index in [1.165, 1.54) is 0 Å². The fraction of sp³-hybridized carbons (Fsp3) is 0.214. The molecule has 0 bridgehead atoms. The molecule has 7 heteroatoms. The summed E-state index contributed by atoms with van der Waals surface area (Å²) in [5.41, 5.74) is 1.63. The molecule has 0 aliphatic heterocycles. The normalized spacial score (nSPS) is 21.2. The van der Waals surface area contributed by atoms with Crippen molar-refractivity contribution in [3.63, 3.8) is 0 Å². The Bertz CT molecular complexity index is 779. The molecule has 0 saturated heterocycles. The molecular weight excluding hydrogens is 295 g/mol. The third-order valence-electron chi connectivity index (χ3n) is 3.48. The lowest BCUT2D eigenvalue weighted by Gasteiger charge is -2.17. The van der Waals surface area contributed by atoms with Gasteiger partial charge in [0.25, 0.3) is 0 Å². The maximum absolute atomic E-state index is 13.1. The highest BCUT2D eigenvalue weighted by Crippen LogP contribution is 2.32. The van der Waals surface area contributed by atoms with E-state index in [4.69, 9.17) is 0 Å². The first kappa shape index (κ1) is 14.1. The van der Waals surface area contributed by atoms with E-state index in [-0.39, 0.29) is 4.90 Å². The Morgan fingerprint density at radius 3 is 2.81 bits per heavy atom. The quantitative estimate of drug-likeness (QED) is 0.892. The molecule has 1 heterocycles. The Labute approximate surface area is 121 Å². The van der Waals surface area contributed by atoms with Crippen LogP contribution in [-0.2, 0) is 16.4 Å². The maximum Gasteiger partial charge on any atom is 0.242 e. The lowest BCUT2D eigenvalue weighted by atomic mass is 10.1. The number of aromatic nitrogens is 1. The Morgan fingerprint density at radius 2 is 2.05 bits per heavy atom. The summed E-state index contributed by atoms with van der Waals surface area (Å²) in [5.74, 6) is -0.731. The Hall–Kier alpha value is -1.83. The van der Waals surface area contributed by atoms with Gasteiger partial charge in [-0.2, -0.15) is 0 Å². The number of nitrogens with one attached hydrogen (secondary N) is 1. The van der Waals surface area contributed by atoms with Crippen molar-refractivity contribution >= 4 is 10.0 Å². The van der Waals surface area contributed by atoms with Crippen LogP contribution >= 0.6 is 0 Å². The van der Waals surface area contributed by atoms with Crippen LogP contribution in [-0.4, -0.2) is 24.6 Å². The summed E-state index contributed by atoms with van der Waals surface area (Å²) in [6.07, 6.45) is 1.53. The minimum atomic E-state index is -3.95. The molecule has 2 N–H and O–H groups in total. The van der Waals surface area contributed by atoms with Gasteiger partial charge in [-0.1, -0.05) is 24.3 Å². The van der Waals surface area contributed by atoms with E-state index in [1.807, 2.05) is 12.1 Å².